The van der Waals surface area contributed by atoms with Gasteiger partial charge in [-0.15, -0.1) is 11.3 Å². The summed E-state index contributed by atoms with van der Waals surface area (Å²) in [4.78, 5) is 12.0. The Bertz CT molecular complexity index is 350. The van der Waals surface area contributed by atoms with E-state index in [1.807, 2.05) is 6.07 Å². The minimum absolute atomic E-state index is 0.383. The van der Waals surface area contributed by atoms with Crippen molar-refractivity contribution in [2.75, 3.05) is 6.54 Å². The summed E-state index contributed by atoms with van der Waals surface area (Å²) in [7, 11) is 0. The molecule has 2 heterocycles. The molecule has 1 aromatic rings. The van der Waals surface area contributed by atoms with Gasteiger partial charge >= 0.3 is 5.97 Å². The van der Waals surface area contributed by atoms with Crippen LogP contribution in [-0.4, -0.2) is 17.6 Å². The van der Waals surface area contributed by atoms with Gasteiger partial charge in [0.1, 0.15) is 0 Å². The van der Waals surface area contributed by atoms with Gasteiger partial charge in [-0.2, -0.15) is 0 Å². The summed E-state index contributed by atoms with van der Waals surface area (Å²) in [6, 6.07) is 1.92. The van der Waals surface area contributed by atoms with E-state index in [4.69, 9.17) is 5.11 Å². The van der Waals surface area contributed by atoms with Crippen LogP contribution in [0.5, 0.6) is 0 Å². The van der Waals surface area contributed by atoms with Crippen molar-refractivity contribution in [1.82, 2.24) is 5.32 Å². The molecule has 2 rings (SSSR count). The van der Waals surface area contributed by atoms with Crippen molar-refractivity contribution in [2.45, 2.75) is 12.5 Å². The number of carboxylic acid groups (broad SMARTS) is 1. The quantitative estimate of drug-likeness (QED) is 0.811. The highest BCUT2D eigenvalue weighted by atomic mass is 79.9. The van der Waals surface area contributed by atoms with Crippen LogP contribution in [0.1, 0.15) is 16.4 Å². The van der Waals surface area contributed by atoms with Gasteiger partial charge < -0.3 is 10.4 Å². The Morgan fingerprint density at radius 2 is 2.54 bits per heavy atom. The first-order chi connectivity index (χ1) is 6.18. The van der Waals surface area contributed by atoms with Crippen LogP contribution in [-0.2, 0) is 11.3 Å². The van der Waals surface area contributed by atoms with Crippen LogP contribution in [0.2, 0.25) is 0 Å². The lowest BCUT2D eigenvalue weighted by Crippen LogP contribution is -2.31. The average Bonchev–Trinajstić information content (AvgIpc) is 2.43. The fourth-order valence-electron chi connectivity index (χ4n) is 1.50. The third-order valence-corrected chi connectivity index (χ3v) is 3.77. The van der Waals surface area contributed by atoms with E-state index in [1.54, 1.807) is 11.3 Å². The number of rotatable bonds is 1. The smallest absolute Gasteiger partial charge is 0.312 e. The molecule has 5 heteroatoms. The zero-order valence-corrected chi connectivity index (χ0v) is 9.11. The molecule has 13 heavy (non-hydrogen) atoms. The molecule has 0 aromatic carbocycles. The predicted molar refractivity (Wildman–Crippen MR) is 54.1 cm³/mol. The first-order valence-electron chi connectivity index (χ1n) is 3.90. The molecule has 1 aliphatic heterocycles. The van der Waals surface area contributed by atoms with Crippen LogP contribution >= 0.6 is 27.3 Å². The molecule has 0 aliphatic carbocycles. The standard InChI is InChI=1S/C8H8BrNO2S/c9-7-1-4-5(8(11)12)2-10-3-6(4)13-7/h1,5,10H,2-3H2,(H,11,12). The highest BCUT2D eigenvalue weighted by Gasteiger charge is 2.27. The average molecular weight is 262 g/mol. The van der Waals surface area contributed by atoms with Gasteiger partial charge in [-0.25, -0.2) is 0 Å². The van der Waals surface area contributed by atoms with E-state index in [9.17, 15) is 4.79 Å². The van der Waals surface area contributed by atoms with E-state index in [-0.39, 0.29) is 5.92 Å². The summed E-state index contributed by atoms with van der Waals surface area (Å²) in [5.74, 6) is -1.13. The number of hydrogen-bond acceptors (Lipinski definition) is 3. The maximum atomic E-state index is 10.9. The lowest BCUT2D eigenvalue weighted by Gasteiger charge is -2.19. The summed E-state index contributed by atoms with van der Waals surface area (Å²) in [6.07, 6.45) is 0. The molecule has 0 bridgehead atoms. The molecule has 0 radical (unpaired) electrons. The lowest BCUT2D eigenvalue weighted by atomic mass is 9.97. The second kappa shape index (κ2) is 3.40. The number of carbonyl (C=O) groups is 1. The Morgan fingerprint density at radius 3 is 3.23 bits per heavy atom. The summed E-state index contributed by atoms with van der Waals surface area (Å²) in [5.41, 5.74) is 0.961. The van der Waals surface area contributed by atoms with Crippen molar-refractivity contribution in [2.24, 2.45) is 0 Å². The van der Waals surface area contributed by atoms with Gasteiger partial charge in [0.15, 0.2) is 0 Å². The maximum Gasteiger partial charge on any atom is 0.312 e. The number of aliphatic carboxylic acids is 1. The second-order valence-electron chi connectivity index (χ2n) is 2.95. The van der Waals surface area contributed by atoms with Crippen LogP contribution in [0.4, 0.5) is 0 Å². The Hall–Kier alpha value is -0.390. The van der Waals surface area contributed by atoms with E-state index in [0.29, 0.717) is 6.54 Å². The molecular weight excluding hydrogens is 254 g/mol. The summed E-state index contributed by atoms with van der Waals surface area (Å²) >= 11 is 4.97. The third-order valence-electron chi connectivity index (χ3n) is 2.12. The fourth-order valence-corrected chi connectivity index (χ4v) is 3.25. The van der Waals surface area contributed by atoms with Crippen molar-refractivity contribution in [3.8, 4) is 0 Å². The Balaban J connectivity index is 2.41. The Labute approximate surface area is 87.9 Å². The normalized spacial score (nSPS) is 21.2. The fraction of sp³-hybridized carbons (Fsp3) is 0.375. The van der Waals surface area contributed by atoms with Crippen LogP contribution in [0.25, 0.3) is 0 Å². The Kier molecular flexibility index (Phi) is 2.40. The number of carboxylic acids is 1. The molecule has 1 atom stereocenters. The molecule has 1 aromatic heterocycles. The number of fused-ring (bicyclic) bond motifs is 1. The highest BCUT2D eigenvalue weighted by molar-refractivity contribution is 9.11. The molecule has 0 fully saturated rings. The summed E-state index contributed by atoms with van der Waals surface area (Å²) < 4.78 is 1.01. The van der Waals surface area contributed by atoms with Crippen LogP contribution in [0, 0.1) is 0 Å². The van der Waals surface area contributed by atoms with Gasteiger partial charge in [-0.1, -0.05) is 0 Å². The topological polar surface area (TPSA) is 49.3 Å². The first kappa shape index (κ1) is 9.18. The maximum absolute atomic E-state index is 10.9. The van der Waals surface area contributed by atoms with Crippen molar-refractivity contribution in [3.63, 3.8) is 0 Å². The summed E-state index contributed by atoms with van der Waals surface area (Å²) in [5, 5.41) is 12.0. The first-order valence-corrected chi connectivity index (χ1v) is 5.51. The third kappa shape index (κ3) is 1.63. The van der Waals surface area contributed by atoms with Crippen molar-refractivity contribution in [3.05, 3.63) is 20.3 Å². The minimum Gasteiger partial charge on any atom is -0.481 e. The molecule has 1 unspecified atom stereocenters. The van der Waals surface area contributed by atoms with Crippen LogP contribution in [0.15, 0.2) is 9.85 Å². The van der Waals surface area contributed by atoms with Gasteiger partial charge in [0.25, 0.3) is 0 Å². The minimum atomic E-state index is -0.751. The second-order valence-corrected chi connectivity index (χ2v) is 5.47. The molecule has 1 aliphatic rings. The summed E-state index contributed by atoms with van der Waals surface area (Å²) in [6.45, 7) is 1.32. The van der Waals surface area contributed by atoms with Gasteiger partial charge in [-0.3, -0.25) is 4.79 Å². The van der Waals surface area contributed by atoms with E-state index in [2.05, 4.69) is 21.2 Å². The number of thiophene rings is 1. The lowest BCUT2D eigenvalue weighted by molar-refractivity contribution is -0.138. The van der Waals surface area contributed by atoms with Gasteiger partial charge in [0.05, 0.1) is 9.70 Å². The molecule has 70 valence electrons. The molecule has 0 saturated carbocycles. The van der Waals surface area contributed by atoms with Crippen molar-refractivity contribution in [1.29, 1.82) is 0 Å². The SMILES string of the molecule is O=C(O)C1CNCc2sc(Br)cc21. The van der Waals surface area contributed by atoms with Gasteiger partial charge in [0.2, 0.25) is 0 Å². The largest absolute Gasteiger partial charge is 0.481 e. The molecule has 2 N–H and O–H groups in total. The van der Waals surface area contributed by atoms with Crippen LogP contribution in [0.3, 0.4) is 0 Å². The molecule has 0 saturated heterocycles. The van der Waals surface area contributed by atoms with Gasteiger partial charge in [-0.05, 0) is 27.6 Å². The zero-order chi connectivity index (χ0) is 9.42. The van der Waals surface area contributed by atoms with Crippen LogP contribution < -0.4 is 5.32 Å². The van der Waals surface area contributed by atoms with E-state index < -0.39 is 5.97 Å². The Morgan fingerprint density at radius 1 is 1.77 bits per heavy atom. The number of halogens is 1. The number of hydrogen-bond donors (Lipinski definition) is 2. The monoisotopic (exact) mass is 261 g/mol. The highest BCUT2D eigenvalue weighted by Crippen LogP contribution is 2.34. The molecule has 3 nitrogen and oxygen atoms in total. The molecule has 0 spiro atoms. The molecule has 0 amide bonds. The zero-order valence-electron chi connectivity index (χ0n) is 6.71. The predicted octanol–water partition coefficient (Wildman–Crippen LogP) is 1.78. The molecular formula is C8H8BrNO2S. The van der Waals surface area contributed by atoms with E-state index in [1.165, 1.54) is 0 Å². The van der Waals surface area contributed by atoms with Gasteiger partial charge in [0, 0.05) is 18.0 Å². The van der Waals surface area contributed by atoms with E-state index in [0.717, 1.165) is 20.8 Å². The van der Waals surface area contributed by atoms with Crippen molar-refractivity contribution >= 4 is 33.2 Å². The number of nitrogens with one attached hydrogen (secondary N) is 1. The van der Waals surface area contributed by atoms with Crippen molar-refractivity contribution < 1.29 is 9.90 Å². The van der Waals surface area contributed by atoms with E-state index >= 15 is 0 Å².